The predicted octanol–water partition coefficient (Wildman–Crippen LogP) is 1.27. The molecule has 0 bridgehead atoms. The number of carbonyl (C=O) groups is 1. The van der Waals surface area contributed by atoms with Crippen LogP contribution in [0.2, 0.25) is 0 Å². The molecular weight excluding hydrogens is 320 g/mol. The molecule has 8 nitrogen and oxygen atoms in total. The summed E-state index contributed by atoms with van der Waals surface area (Å²) in [6, 6.07) is 7.26. The lowest BCUT2D eigenvalue weighted by atomic mass is 10.2. The van der Waals surface area contributed by atoms with E-state index in [0.29, 0.717) is 30.3 Å². The van der Waals surface area contributed by atoms with Crippen LogP contribution in [0.1, 0.15) is 23.1 Å². The van der Waals surface area contributed by atoms with E-state index in [1.807, 2.05) is 25.1 Å². The second-order valence-electron chi connectivity index (χ2n) is 5.57. The third kappa shape index (κ3) is 5.40. The summed E-state index contributed by atoms with van der Waals surface area (Å²) in [7, 11) is 1.60. The normalized spacial score (nSPS) is 11.8. The Hall–Kier alpha value is -2.71. The molecule has 1 atom stereocenters. The predicted molar refractivity (Wildman–Crippen MR) is 98.0 cm³/mol. The van der Waals surface area contributed by atoms with Crippen LogP contribution in [0.5, 0.6) is 0 Å². The summed E-state index contributed by atoms with van der Waals surface area (Å²) in [5.41, 5.74) is 13.6. The number of ether oxygens (including phenoxy) is 1. The Morgan fingerprint density at radius 1 is 1.40 bits per heavy atom. The van der Waals surface area contributed by atoms with E-state index in [2.05, 4.69) is 20.6 Å². The Kier molecular flexibility index (Phi) is 6.67. The molecule has 8 heteroatoms. The molecule has 0 aliphatic rings. The van der Waals surface area contributed by atoms with Crippen molar-refractivity contribution in [2.45, 2.75) is 19.4 Å². The smallest absolute Gasteiger partial charge is 0.269 e. The SMILES string of the molecule is CCc1cccc(Nc2cc(NC[C@@H](N)COC)cnc2C(N)=O)n1. The topological polar surface area (TPSA) is 128 Å². The first-order valence-corrected chi connectivity index (χ1v) is 8.04. The van der Waals surface area contributed by atoms with E-state index in [1.165, 1.54) is 0 Å². The average molecular weight is 344 g/mol. The third-order valence-corrected chi connectivity index (χ3v) is 3.50. The van der Waals surface area contributed by atoms with Gasteiger partial charge in [-0.1, -0.05) is 13.0 Å². The van der Waals surface area contributed by atoms with Crippen LogP contribution >= 0.6 is 0 Å². The zero-order chi connectivity index (χ0) is 18.2. The van der Waals surface area contributed by atoms with Crippen LogP contribution in [0, 0.1) is 0 Å². The summed E-state index contributed by atoms with van der Waals surface area (Å²) < 4.78 is 5.00. The van der Waals surface area contributed by atoms with Gasteiger partial charge in [-0.3, -0.25) is 4.79 Å². The van der Waals surface area contributed by atoms with Gasteiger partial charge in [0.15, 0.2) is 5.69 Å². The number of pyridine rings is 2. The second-order valence-corrected chi connectivity index (χ2v) is 5.57. The van der Waals surface area contributed by atoms with Crippen LogP contribution in [0.15, 0.2) is 30.5 Å². The van der Waals surface area contributed by atoms with Crippen molar-refractivity contribution in [3.8, 4) is 0 Å². The summed E-state index contributed by atoms with van der Waals surface area (Å²) in [5, 5.41) is 6.28. The molecule has 0 aliphatic carbocycles. The van der Waals surface area contributed by atoms with Crippen molar-refractivity contribution in [3.05, 3.63) is 41.9 Å². The van der Waals surface area contributed by atoms with Gasteiger partial charge in [0.2, 0.25) is 0 Å². The van der Waals surface area contributed by atoms with Gasteiger partial charge in [0.25, 0.3) is 5.91 Å². The van der Waals surface area contributed by atoms with E-state index in [9.17, 15) is 4.79 Å². The monoisotopic (exact) mass is 344 g/mol. The fourth-order valence-corrected chi connectivity index (χ4v) is 2.26. The zero-order valence-corrected chi connectivity index (χ0v) is 14.5. The quantitative estimate of drug-likeness (QED) is 0.539. The molecule has 2 aromatic rings. The van der Waals surface area contributed by atoms with E-state index in [1.54, 1.807) is 19.4 Å². The lowest BCUT2D eigenvalue weighted by molar-refractivity contribution is 0.0996. The fraction of sp³-hybridized carbons (Fsp3) is 0.353. The van der Waals surface area contributed by atoms with Gasteiger partial charge in [0, 0.05) is 25.4 Å². The largest absolute Gasteiger partial charge is 0.383 e. The molecule has 0 aliphatic heterocycles. The minimum absolute atomic E-state index is 0.149. The summed E-state index contributed by atoms with van der Waals surface area (Å²) in [6.07, 6.45) is 2.36. The summed E-state index contributed by atoms with van der Waals surface area (Å²) in [6.45, 7) is 2.98. The van der Waals surface area contributed by atoms with Crippen molar-refractivity contribution in [2.24, 2.45) is 11.5 Å². The molecule has 0 saturated carbocycles. The lowest BCUT2D eigenvalue weighted by Crippen LogP contribution is -2.33. The minimum Gasteiger partial charge on any atom is -0.383 e. The number of amides is 1. The number of hydrogen-bond donors (Lipinski definition) is 4. The molecule has 6 N–H and O–H groups in total. The average Bonchev–Trinajstić information content (AvgIpc) is 2.60. The Labute approximate surface area is 147 Å². The number of carbonyl (C=O) groups excluding carboxylic acids is 1. The highest BCUT2D eigenvalue weighted by Crippen LogP contribution is 2.22. The molecule has 25 heavy (non-hydrogen) atoms. The van der Waals surface area contributed by atoms with E-state index < -0.39 is 5.91 Å². The second kappa shape index (κ2) is 8.95. The van der Waals surface area contributed by atoms with E-state index in [-0.39, 0.29) is 11.7 Å². The van der Waals surface area contributed by atoms with Gasteiger partial charge >= 0.3 is 0 Å². The molecule has 0 unspecified atom stereocenters. The number of rotatable bonds is 9. The number of hydrogen-bond acceptors (Lipinski definition) is 7. The maximum absolute atomic E-state index is 11.6. The number of aryl methyl sites for hydroxylation is 1. The fourth-order valence-electron chi connectivity index (χ4n) is 2.26. The number of nitrogens with two attached hydrogens (primary N) is 2. The third-order valence-electron chi connectivity index (χ3n) is 3.50. The van der Waals surface area contributed by atoms with Crippen molar-refractivity contribution in [2.75, 3.05) is 30.9 Å². The highest BCUT2D eigenvalue weighted by Gasteiger charge is 2.12. The van der Waals surface area contributed by atoms with Gasteiger partial charge in [0.1, 0.15) is 5.82 Å². The number of methoxy groups -OCH3 is 1. The summed E-state index contributed by atoms with van der Waals surface area (Å²) in [4.78, 5) is 20.2. The molecule has 134 valence electrons. The van der Waals surface area contributed by atoms with Crippen molar-refractivity contribution < 1.29 is 9.53 Å². The number of nitrogens with one attached hydrogen (secondary N) is 2. The highest BCUT2D eigenvalue weighted by molar-refractivity contribution is 5.97. The first-order valence-electron chi connectivity index (χ1n) is 8.04. The maximum Gasteiger partial charge on any atom is 0.269 e. The van der Waals surface area contributed by atoms with Gasteiger partial charge in [0.05, 0.1) is 24.2 Å². The molecule has 0 spiro atoms. The minimum atomic E-state index is -0.614. The van der Waals surface area contributed by atoms with Gasteiger partial charge in [-0.05, 0) is 24.6 Å². The van der Waals surface area contributed by atoms with Crippen LogP contribution in [0.25, 0.3) is 0 Å². The van der Waals surface area contributed by atoms with Crippen molar-refractivity contribution in [1.82, 2.24) is 9.97 Å². The van der Waals surface area contributed by atoms with Crippen molar-refractivity contribution in [3.63, 3.8) is 0 Å². The van der Waals surface area contributed by atoms with Crippen LogP contribution in [0.4, 0.5) is 17.2 Å². The van der Waals surface area contributed by atoms with Gasteiger partial charge in [-0.15, -0.1) is 0 Å². The van der Waals surface area contributed by atoms with Gasteiger partial charge < -0.3 is 26.8 Å². The molecular formula is C17H24N6O2. The molecule has 2 rings (SSSR count). The standard InChI is InChI=1S/C17H24N6O2/c1-3-12-5-4-6-15(22-12)23-14-7-13(9-21-16(14)17(19)24)20-8-11(18)10-25-2/h4-7,9,11,20H,3,8,10,18H2,1-2H3,(H2,19,24)(H,22,23)/t11-/m1/s1. The van der Waals surface area contributed by atoms with Gasteiger partial charge in [-0.2, -0.15) is 0 Å². The molecule has 0 fully saturated rings. The van der Waals surface area contributed by atoms with Crippen molar-refractivity contribution >= 4 is 23.1 Å². The van der Waals surface area contributed by atoms with Crippen LogP contribution < -0.4 is 22.1 Å². The number of primary amides is 1. The van der Waals surface area contributed by atoms with Gasteiger partial charge in [-0.25, -0.2) is 9.97 Å². The number of aromatic nitrogens is 2. The molecule has 0 saturated heterocycles. The van der Waals surface area contributed by atoms with Crippen LogP contribution in [-0.4, -0.2) is 42.2 Å². The maximum atomic E-state index is 11.6. The molecule has 1 amide bonds. The molecule has 2 aromatic heterocycles. The summed E-state index contributed by atoms with van der Waals surface area (Å²) >= 11 is 0. The highest BCUT2D eigenvalue weighted by atomic mass is 16.5. The first-order chi connectivity index (χ1) is 12.0. The van der Waals surface area contributed by atoms with Crippen LogP contribution in [0.3, 0.4) is 0 Å². The van der Waals surface area contributed by atoms with E-state index in [4.69, 9.17) is 16.2 Å². The Balaban J connectivity index is 2.21. The van der Waals surface area contributed by atoms with Crippen molar-refractivity contribution in [1.29, 1.82) is 0 Å². The van der Waals surface area contributed by atoms with Crippen LogP contribution in [-0.2, 0) is 11.2 Å². The Morgan fingerprint density at radius 3 is 2.88 bits per heavy atom. The molecule has 2 heterocycles. The Morgan fingerprint density at radius 2 is 2.20 bits per heavy atom. The summed E-state index contributed by atoms with van der Waals surface area (Å²) in [5.74, 6) is 0.00802. The molecule has 0 radical (unpaired) electrons. The lowest BCUT2D eigenvalue weighted by Gasteiger charge is -2.15. The molecule has 0 aromatic carbocycles. The number of anilines is 3. The zero-order valence-electron chi connectivity index (χ0n) is 14.5. The first kappa shape index (κ1) is 18.6. The number of nitrogens with zero attached hydrogens (tertiary/aromatic N) is 2. The van der Waals surface area contributed by atoms with E-state index >= 15 is 0 Å². The Bertz CT molecular complexity index is 722. The van der Waals surface area contributed by atoms with E-state index in [0.717, 1.165) is 12.1 Å².